The van der Waals surface area contributed by atoms with Gasteiger partial charge in [0.2, 0.25) is 0 Å². The smallest absolute Gasteiger partial charge is 0.191 e. The Morgan fingerprint density at radius 1 is 1.27 bits per heavy atom. The molecule has 0 bridgehead atoms. The molecule has 0 aliphatic heterocycles. The van der Waals surface area contributed by atoms with Crippen LogP contribution >= 0.6 is 0 Å². The Morgan fingerprint density at radius 3 is 2.50 bits per heavy atom. The Balaban J connectivity index is 2.71. The van der Waals surface area contributed by atoms with Crippen molar-refractivity contribution in [2.45, 2.75) is 39.8 Å². The van der Waals surface area contributed by atoms with Gasteiger partial charge in [0.1, 0.15) is 5.82 Å². The van der Waals surface area contributed by atoms with Crippen molar-refractivity contribution in [1.82, 2.24) is 15.5 Å². The number of aryl methyl sites for hydroxylation is 1. The summed E-state index contributed by atoms with van der Waals surface area (Å²) in [5, 5.41) is 6.56. The van der Waals surface area contributed by atoms with Crippen molar-refractivity contribution in [2.75, 3.05) is 27.2 Å². The van der Waals surface area contributed by atoms with Gasteiger partial charge in [-0.1, -0.05) is 12.1 Å². The van der Waals surface area contributed by atoms with Crippen molar-refractivity contribution in [3.63, 3.8) is 0 Å². The maximum Gasteiger partial charge on any atom is 0.191 e. The van der Waals surface area contributed by atoms with Crippen LogP contribution in [0.5, 0.6) is 0 Å². The molecule has 0 aliphatic carbocycles. The van der Waals surface area contributed by atoms with Crippen molar-refractivity contribution in [2.24, 2.45) is 4.99 Å². The van der Waals surface area contributed by atoms with Crippen LogP contribution in [-0.2, 0) is 6.54 Å². The van der Waals surface area contributed by atoms with E-state index in [0.29, 0.717) is 12.1 Å². The first-order valence-corrected chi connectivity index (χ1v) is 7.71. The van der Waals surface area contributed by atoms with Gasteiger partial charge in [0.05, 0.1) is 6.54 Å². The summed E-state index contributed by atoms with van der Waals surface area (Å²) in [6, 6.07) is 5.25. The van der Waals surface area contributed by atoms with Crippen LogP contribution in [0.1, 0.15) is 31.9 Å². The highest BCUT2D eigenvalue weighted by molar-refractivity contribution is 5.79. The van der Waals surface area contributed by atoms with E-state index in [1.165, 1.54) is 0 Å². The van der Waals surface area contributed by atoms with Gasteiger partial charge in [-0.15, -0.1) is 0 Å². The van der Waals surface area contributed by atoms with E-state index in [9.17, 15) is 4.39 Å². The number of benzene rings is 1. The zero-order chi connectivity index (χ0) is 16.8. The topological polar surface area (TPSA) is 39.7 Å². The van der Waals surface area contributed by atoms with Gasteiger partial charge in [-0.25, -0.2) is 9.38 Å². The molecule has 0 atom stereocenters. The molecule has 4 nitrogen and oxygen atoms in total. The lowest BCUT2D eigenvalue weighted by molar-refractivity contribution is 0.197. The van der Waals surface area contributed by atoms with E-state index in [4.69, 9.17) is 0 Å². The Bertz CT molecular complexity index is 509. The average Bonchev–Trinajstić information content (AvgIpc) is 2.45. The fourth-order valence-electron chi connectivity index (χ4n) is 1.70. The first kappa shape index (κ1) is 18.4. The summed E-state index contributed by atoms with van der Waals surface area (Å²) < 4.78 is 13.6. The molecule has 0 amide bonds. The third kappa shape index (κ3) is 5.64. The molecule has 124 valence electrons. The van der Waals surface area contributed by atoms with Crippen molar-refractivity contribution < 1.29 is 4.39 Å². The van der Waals surface area contributed by atoms with E-state index in [-0.39, 0.29) is 11.4 Å². The molecule has 0 saturated heterocycles. The number of rotatable bonds is 6. The normalized spacial score (nSPS) is 12.6. The summed E-state index contributed by atoms with van der Waals surface area (Å²) in [5.41, 5.74) is 1.55. The molecule has 0 fully saturated rings. The molecule has 0 unspecified atom stereocenters. The fourth-order valence-corrected chi connectivity index (χ4v) is 1.70. The van der Waals surface area contributed by atoms with E-state index in [2.05, 4.69) is 48.5 Å². The van der Waals surface area contributed by atoms with Crippen LogP contribution in [0.2, 0.25) is 0 Å². The number of hydrogen-bond acceptors (Lipinski definition) is 2. The Kier molecular flexibility index (Phi) is 6.81. The molecule has 5 heteroatoms. The van der Waals surface area contributed by atoms with Crippen LogP contribution in [0.15, 0.2) is 23.2 Å². The lowest BCUT2D eigenvalue weighted by Crippen LogP contribution is -2.50. The average molecular weight is 308 g/mol. The second-order valence-corrected chi connectivity index (χ2v) is 6.34. The second kappa shape index (κ2) is 8.13. The first-order valence-electron chi connectivity index (χ1n) is 7.71. The quantitative estimate of drug-likeness (QED) is 0.627. The van der Waals surface area contributed by atoms with E-state index in [0.717, 1.165) is 24.6 Å². The predicted octanol–water partition coefficient (Wildman–Crippen LogP) is 2.53. The molecule has 0 radical (unpaired) electrons. The third-order valence-electron chi connectivity index (χ3n) is 3.90. The van der Waals surface area contributed by atoms with E-state index < -0.39 is 0 Å². The van der Waals surface area contributed by atoms with Crippen LogP contribution in [0.4, 0.5) is 4.39 Å². The molecular weight excluding hydrogens is 279 g/mol. The SMILES string of the molecule is CCNC(=NCc1ccc(C)c(F)c1)NCC(C)(C)N(C)C. The zero-order valence-electron chi connectivity index (χ0n) is 14.6. The molecule has 1 aromatic rings. The van der Waals surface area contributed by atoms with E-state index in [1.54, 1.807) is 19.1 Å². The number of nitrogens with one attached hydrogen (secondary N) is 2. The summed E-state index contributed by atoms with van der Waals surface area (Å²) in [6.07, 6.45) is 0. The lowest BCUT2D eigenvalue weighted by Gasteiger charge is -2.33. The standard InChI is InChI=1S/C17H29FN4/c1-7-19-16(21-12-17(3,4)22(5)6)20-11-14-9-8-13(2)15(18)10-14/h8-10H,7,11-12H2,1-6H3,(H2,19,20,21). The number of aliphatic imine (C=N–C) groups is 1. The van der Waals surface area contributed by atoms with Crippen molar-refractivity contribution in [3.05, 3.63) is 35.1 Å². The number of guanidine groups is 1. The van der Waals surface area contributed by atoms with Gasteiger partial charge in [-0.05, 0) is 59.0 Å². The van der Waals surface area contributed by atoms with Gasteiger partial charge in [-0.3, -0.25) is 0 Å². The van der Waals surface area contributed by atoms with Crippen LogP contribution in [0.25, 0.3) is 0 Å². The summed E-state index contributed by atoms with van der Waals surface area (Å²) in [5.74, 6) is 0.567. The maximum absolute atomic E-state index is 13.6. The summed E-state index contributed by atoms with van der Waals surface area (Å²) in [6.45, 7) is 10.1. The highest BCUT2D eigenvalue weighted by Crippen LogP contribution is 2.10. The van der Waals surface area contributed by atoms with E-state index >= 15 is 0 Å². The van der Waals surface area contributed by atoms with Crippen molar-refractivity contribution >= 4 is 5.96 Å². The zero-order valence-corrected chi connectivity index (χ0v) is 14.6. The largest absolute Gasteiger partial charge is 0.357 e. The maximum atomic E-state index is 13.6. The summed E-state index contributed by atoms with van der Waals surface area (Å²) >= 11 is 0. The molecule has 0 spiro atoms. The van der Waals surface area contributed by atoms with Crippen molar-refractivity contribution in [1.29, 1.82) is 0 Å². The predicted molar refractivity (Wildman–Crippen MR) is 91.7 cm³/mol. The first-order chi connectivity index (χ1) is 10.3. The Labute approximate surface area is 133 Å². The van der Waals surface area contributed by atoms with Crippen molar-refractivity contribution in [3.8, 4) is 0 Å². The van der Waals surface area contributed by atoms with Gasteiger partial charge < -0.3 is 15.5 Å². The molecule has 2 N–H and O–H groups in total. The van der Waals surface area contributed by atoms with Gasteiger partial charge in [0.25, 0.3) is 0 Å². The van der Waals surface area contributed by atoms with Gasteiger partial charge in [-0.2, -0.15) is 0 Å². The van der Waals surface area contributed by atoms with Crippen LogP contribution in [0, 0.1) is 12.7 Å². The lowest BCUT2D eigenvalue weighted by atomic mass is 10.0. The highest BCUT2D eigenvalue weighted by atomic mass is 19.1. The van der Waals surface area contributed by atoms with Gasteiger partial charge >= 0.3 is 0 Å². The number of nitrogens with zero attached hydrogens (tertiary/aromatic N) is 2. The molecule has 1 rings (SSSR count). The molecule has 1 aromatic carbocycles. The molecular formula is C17H29FN4. The Hall–Kier alpha value is -1.62. The second-order valence-electron chi connectivity index (χ2n) is 6.34. The minimum absolute atomic E-state index is 0.0200. The fraction of sp³-hybridized carbons (Fsp3) is 0.588. The summed E-state index contributed by atoms with van der Waals surface area (Å²) in [4.78, 5) is 6.69. The monoisotopic (exact) mass is 308 g/mol. The number of hydrogen-bond donors (Lipinski definition) is 2. The Morgan fingerprint density at radius 2 is 1.95 bits per heavy atom. The van der Waals surface area contributed by atoms with Crippen LogP contribution in [0.3, 0.4) is 0 Å². The van der Waals surface area contributed by atoms with Crippen LogP contribution in [-0.4, -0.2) is 43.6 Å². The van der Waals surface area contributed by atoms with Gasteiger partial charge in [0, 0.05) is 18.6 Å². The van der Waals surface area contributed by atoms with E-state index in [1.807, 2.05) is 13.0 Å². The molecule has 22 heavy (non-hydrogen) atoms. The molecule has 0 saturated carbocycles. The summed E-state index contributed by atoms with van der Waals surface area (Å²) in [7, 11) is 4.11. The van der Waals surface area contributed by atoms with Crippen LogP contribution < -0.4 is 10.6 Å². The van der Waals surface area contributed by atoms with Gasteiger partial charge in [0.15, 0.2) is 5.96 Å². The molecule has 0 aliphatic rings. The minimum atomic E-state index is -0.181. The number of halogens is 1. The third-order valence-corrected chi connectivity index (χ3v) is 3.90. The highest BCUT2D eigenvalue weighted by Gasteiger charge is 2.20. The number of likely N-dealkylation sites (N-methyl/N-ethyl adjacent to an activating group) is 1. The molecule has 0 aromatic heterocycles. The molecule has 0 heterocycles. The minimum Gasteiger partial charge on any atom is -0.357 e.